The summed E-state index contributed by atoms with van der Waals surface area (Å²) in [4.78, 5) is 38.0. The SMILES string of the molecule is COC(=O)NCN1C[C@H](C)n2nc(-c3ccc(C#N)cc3NC(=O)C3(F)CC3)cc2C1=O. The number of hydrogen-bond acceptors (Lipinski definition) is 6. The highest BCUT2D eigenvalue weighted by Gasteiger charge is 2.51. The van der Waals surface area contributed by atoms with E-state index in [0.29, 0.717) is 29.1 Å². The van der Waals surface area contributed by atoms with E-state index in [1.165, 1.54) is 18.1 Å². The van der Waals surface area contributed by atoms with Gasteiger partial charge in [-0.2, -0.15) is 10.4 Å². The Morgan fingerprint density at radius 2 is 2.12 bits per heavy atom. The van der Waals surface area contributed by atoms with Crippen LogP contribution in [0.4, 0.5) is 14.9 Å². The average Bonchev–Trinajstić information content (AvgIpc) is 3.38. The van der Waals surface area contributed by atoms with Gasteiger partial charge in [-0.25, -0.2) is 9.18 Å². The van der Waals surface area contributed by atoms with Crippen molar-refractivity contribution in [2.24, 2.45) is 0 Å². The number of aromatic nitrogens is 2. The number of methoxy groups -OCH3 is 1. The molecule has 1 aliphatic heterocycles. The lowest BCUT2D eigenvalue weighted by molar-refractivity contribution is -0.122. The first-order valence-corrected chi connectivity index (χ1v) is 10.0. The Bertz CT molecular complexity index is 1150. The van der Waals surface area contributed by atoms with E-state index >= 15 is 0 Å². The molecular weight excluding hydrogens is 419 g/mol. The number of carbonyl (C=O) groups excluding carboxylic acids is 3. The Labute approximate surface area is 182 Å². The molecule has 2 aliphatic rings. The zero-order valence-electron chi connectivity index (χ0n) is 17.5. The molecule has 0 bridgehead atoms. The first-order valence-electron chi connectivity index (χ1n) is 10.0. The second-order valence-electron chi connectivity index (χ2n) is 7.85. The Hall–Kier alpha value is -3.94. The summed E-state index contributed by atoms with van der Waals surface area (Å²) >= 11 is 0. The number of benzene rings is 1. The number of ether oxygens (including phenoxy) is 1. The largest absolute Gasteiger partial charge is 0.453 e. The molecule has 2 aromatic rings. The van der Waals surface area contributed by atoms with Crippen LogP contribution in [0.15, 0.2) is 24.3 Å². The number of hydrogen-bond donors (Lipinski definition) is 2. The number of halogens is 1. The maximum atomic E-state index is 14.2. The topological polar surface area (TPSA) is 129 Å². The Morgan fingerprint density at radius 3 is 2.78 bits per heavy atom. The highest BCUT2D eigenvalue weighted by atomic mass is 19.1. The number of nitriles is 1. The van der Waals surface area contributed by atoms with E-state index < -0.39 is 17.7 Å². The van der Waals surface area contributed by atoms with Gasteiger partial charge in [-0.15, -0.1) is 0 Å². The second kappa shape index (κ2) is 7.96. The van der Waals surface area contributed by atoms with Crippen molar-refractivity contribution in [1.82, 2.24) is 20.0 Å². The quantitative estimate of drug-likeness (QED) is 0.733. The summed E-state index contributed by atoms with van der Waals surface area (Å²) < 4.78 is 20.3. The molecule has 0 spiro atoms. The Morgan fingerprint density at radius 1 is 1.38 bits per heavy atom. The van der Waals surface area contributed by atoms with Crippen molar-refractivity contribution in [2.75, 3.05) is 25.6 Å². The summed E-state index contributed by atoms with van der Waals surface area (Å²) in [5.41, 5.74) is -0.185. The van der Waals surface area contributed by atoms with E-state index in [1.54, 1.807) is 22.9 Å². The zero-order chi connectivity index (χ0) is 23.0. The molecule has 2 N–H and O–H groups in total. The van der Waals surface area contributed by atoms with Gasteiger partial charge in [0.25, 0.3) is 11.8 Å². The van der Waals surface area contributed by atoms with Gasteiger partial charge in [0.2, 0.25) is 0 Å². The van der Waals surface area contributed by atoms with Crippen molar-refractivity contribution in [3.63, 3.8) is 0 Å². The van der Waals surface area contributed by atoms with Gasteiger partial charge in [0.1, 0.15) is 5.69 Å². The molecule has 0 saturated heterocycles. The van der Waals surface area contributed by atoms with E-state index in [1.807, 2.05) is 13.0 Å². The number of alkyl halides is 1. The fraction of sp³-hybridized carbons (Fsp3) is 0.381. The van der Waals surface area contributed by atoms with Crippen molar-refractivity contribution in [3.8, 4) is 17.3 Å². The van der Waals surface area contributed by atoms with E-state index in [9.17, 15) is 24.0 Å². The van der Waals surface area contributed by atoms with Gasteiger partial charge < -0.3 is 20.3 Å². The number of amides is 3. The van der Waals surface area contributed by atoms with E-state index in [-0.39, 0.29) is 37.1 Å². The fourth-order valence-electron chi connectivity index (χ4n) is 3.54. The summed E-state index contributed by atoms with van der Waals surface area (Å²) in [6.07, 6.45) is -0.330. The standard InChI is InChI=1S/C21H21FN6O4/c1-12-10-27(11-24-20(31)32-2)18(29)17-8-16(26-28(12)17)14-4-3-13(9-23)7-15(14)25-19(30)21(22)5-6-21/h3-4,7-8,12H,5-6,10-11H2,1-2H3,(H,24,31)(H,25,30)/t12-/m0/s1. The molecule has 11 heteroatoms. The third kappa shape index (κ3) is 3.87. The third-order valence-electron chi connectivity index (χ3n) is 5.51. The molecule has 166 valence electrons. The van der Waals surface area contributed by atoms with Crippen molar-refractivity contribution >= 4 is 23.6 Å². The minimum Gasteiger partial charge on any atom is -0.453 e. The second-order valence-corrected chi connectivity index (χ2v) is 7.85. The molecule has 32 heavy (non-hydrogen) atoms. The normalized spacial score (nSPS) is 18.4. The number of fused-ring (bicyclic) bond motifs is 1. The van der Waals surface area contributed by atoms with Crippen molar-refractivity contribution in [1.29, 1.82) is 5.26 Å². The van der Waals surface area contributed by atoms with Gasteiger partial charge in [0, 0.05) is 12.1 Å². The first-order chi connectivity index (χ1) is 15.3. The molecule has 3 amide bonds. The highest BCUT2D eigenvalue weighted by Crippen LogP contribution is 2.41. The summed E-state index contributed by atoms with van der Waals surface area (Å²) in [5, 5.41) is 18.8. The Kier molecular flexibility index (Phi) is 5.30. The fourth-order valence-corrected chi connectivity index (χ4v) is 3.54. The molecule has 4 rings (SSSR count). The van der Waals surface area contributed by atoms with Gasteiger partial charge in [0.15, 0.2) is 5.67 Å². The summed E-state index contributed by atoms with van der Waals surface area (Å²) in [5.74, 6) is -1.10. The Balaban J connectivity index is 1.65. The van der Waals surface area contributed by atoms with Crippen LogP contribution in [-0.4, -0.2) is 58.6 Å². The van der Waals surface area contributed by atoms with Crippen LogP contribution < -0.4 is 10.6 Å². The van der Waals surface area contributed by atoms with Crippen LogP contribution in [0, 0.1) is 11.3 Å². The van der Waals surface area contributed by atoms with Crippen molar-refractivity contribution in [3.05, 3.63) is 35.5 Å². The molecule has 1 atom stereocenters. The van der Waals surface area contributed by atoms with E-state index in [2.05, 4.69) is 20.5 Å². The number of carbonyl (C=O) groups is 3. The molecular formula is C21H21FN6O4. The summed E-state index contributed by atoms with van der Waals surface area (Å²) in [6, 6.07) is 7.99. The van der Waals surface area contributed by atoms with Gasteiger partial charge >= 0.3 is 6.09 Å². The highest BCUT2D eigenvalue weighted by molar-refractivity contribution is 6.02. The predicted molar refractivity (Wildman–Crippen MR) is 110 cm³/mol. The minimum atomic E-state index is -1.88. The van der Waals surface area contributed by atoms with E-state index in [0.717, 1.165) is 0 Å². The maximum Gasteiger partial charge on any atom is 0.408 e. The molecule has 0 unspecified atom stereocenters. The molecule has 1 aromatic carbocycles. The smallest absolute Gasteiger partial charge is 0.408 e. The molecule has 10 nitrogen and oxygen atoms in total. The molecule has 1 aromatic heterocycles. The molecule has 1 aliphatic carbocycles. The lowest BCUT2D eigenvalue weighted by Crippen LogP contribution is -2.47. The van der Waals surface area contributed by atoms with Gasteiger partial charge in [-0.05, 0) is 44.0 Å². The number of rotatable bonds is 5. The van der Waals surface area contributed by atoms with Gasteiger partial charge in [-0.3, -0.25) is 14.3 Å². The van der Waals surface area contributed by atoms with Crippen LogP contribution in [0.2, 0.25) is 0 Å². The first kappa shape index (κ1) is 21.3. The average molecular weight is 440 g/mol. The van der Waals surface area contributed by atoms with Crippen molar-refractivity contribution in [2.45, 2.75) is 31.5 Å². The molecule has 0 radical (unpaired) electrons. The number of nitrogens with zero attached hydrogens (tertiary/aromatic N) is 4. The lowest BCUT2D eigenvalue weighted by Gasteiger charge is -2.31. The van der Waals surface area contributed by atoms with Crippen LogP contribution in [0.3, 0.4) is 0 Å². The van der Waals surface area contributed by atoms with Gasteiger partial charge in [-0.1, -0.05) is 0 Å². The van der Waals surface area contributed by atoms with Crippen LogP contribution >= 0.6 is 0 Å². The predicted octanol–water partition coefficient (Wildman–Crippen LogP) is 2.19. The number of nitrogens with one attached hydrogen (secondary N) is 2. The number of anilines is 1. The number of alkyl carbamates (subject to hydrolysis) is 1. The van der Waals surface area contributed by atoms with Crippen LogP contribution in [0.1, 0.15) is 41.9 Å². The third-order valence-corrected chi connectivity index (χ3v) is 5.51. The molecule has 1 saturated carbocycles. The van der Waals surface area contributed by atoms with Gasteiger partial charge in [0.05, 0.1) is 42.8 Å². The maximum absolute atomic E-state index is 14.2. The van der Waals surface area contributed by atoms with Crippen LogP contribution in [0.5, 0.6) is 0 Å². The van der Waals surface area contributed by atoms with E-state index in [4.69, 9.17) is 0 Å². The molecule has 2 heterocycles. The lowest BCUT2D eigenvalue weighted by atomic mass is 10.1. The van der Waals surface area contributed by atoms with Crippen molar-refractivity contribution < 1.29 is 23.5 Å². The minimum absolute atomic E-state index is 0.0207. The monoisotopic (exact) mass is 440 g/mol. The van der Waals surface area contributed by atoms with Crippen LogP contribution in [-0.2, 0) is 9.53 Å². The van der Waals surface area contributed by atoms with Crippen LogP contribution in [0.25, 0.3) is 11.3 Å². The zero-order valence-corrected chi connectivity index (χ0v) is 17.5. The summed E-state index contributed by atoms with van der Waals surface area (Å²) in [7, 11) is 1.24. The molecule has 1 fully saturated rings. The summed E-state index contributed by atoms with van der Waals surface area (Å²) in [6.45, 7) is 2.17.